The van der Waals surface area contributed by atoms with E-state index >= 15 is 0 Å². The van der Waals surface area contributed by atoms with Crippen LogP contribution in [-0.2, 0) is 0 Å². The number of amides is 1. The Morgan fingerprint density at radius 1 is 1.33 bits per heavy atom. The first-order valence-corrected chi connectivity index (χ1v) is 8.34. The van der Waals surface area contributed by atoms with Crippen LogP contribution < -0.4 is 0 Å². The molecule has 3 heterocycles. The smallest absolute Gasteiger partial charge is 0.255 e. The maximum absolute atomic E-state index is 12.8. The largest absolute Gasteiger partial charge is 0.339 e. The molecule has 1 aliphatic heterocycles. The van der Waals surface area contributed by atoms with Crippen molar-refractivity contribution in [3.05, 3.63) is 34.6 Å². The van der Waals surface area contributed by atoms with E-state index in [1.807, 2.05) is 30.2 Å². The molecule has 4 nitrogen and oxygen atoms in total. The number of piperidine rings is 1. The molecule has 2 aromatic heterocycles. The summed E-state index contributed by atoms with van der Waals surface area (Å²) in [6.07, 6.45) is 4.01. The summed E-state index contributed by atoms with van der Waals surface area (Å²) in [6.45, 7) is 8.05. The van der Waals surface area contributed by atoms with Crippen LogP contribution in [0.15, 0.2) is 17.6 Å². The summed E-state index contributed by atoms with van der Waals surface area (Å²) in [7, 11) is 0. The SMILES string of the molecule is Cc1cc(C(=O)N2CCC(C)CC2)c(C)n1-c1nccs1. The molecule has 1 fully saturated rings. The van der Waals surface area contributed by atoms with E-state index in [4.69, 9.17) is 0 Å². The standard InChI is InChI=1S/C16H21N3OS/c1-11-4-7-18(8-5-11)15(20)14-10-12(2)19(13(14)3)16-17-6-9-21-16/h6,9-11H,4-5,7-8H2,1-3H3. The fraction of sp³-hybridized carbons (Fsp3) is 0.500. The van der Waals surface area contributed by atoms with Crippen molar-refractivity contribution in [1.82, 2.24) is 14.5 Å². The van der Waals surface area contributed by atoms with Gasteiger partial charge in [-0.05, 0) is 38.7 Å². The third-order valence-electron chi connectivity index (χ3n) is 4.34. The van der Waals surface area contributed by atoms with Crippen molar-refractivity contribution in [3.8, 4) is 5.13 Å². The summed E-state index contributed by atoms with van der Waals surface area (Å²) in [5, 5.41) is 2.89. The fourth-order valence-electron chi connectivity index (χ4n) is 2.98. The lowest BCUT2D eigenvalue weighted by Gasteiger charge is -2.30. The van der Waals surface area contributed by atoms with Crippen molar-refractivity contribution in [1.29, 1.82) is 0 Å². The Kier molecular flexibility index (Phi) is 3.85. The molecule has 1 amide bonds. The van der Waals surface area contributed by atoms with Crippen LogP contribution in [0.3, 0.4) is 0 Å². The molecular weight excluding hydrogens is 282 g/mol. The highest BCUT2D eigenvalue weighted by Crippen LogP contribution is 2.25. The summed E-state index contributed by atoms with van der Waals surface area (Å²) in [5.41, 5.74) is 2.87. The number of rotatable bonds is 2. The number of aromatic nitrogens is 2. The minimum absolute atomic E-state index is 0.165. The van der Waals surface area contributed by atoms with Crippen LogP contribution in [-0.4, -0.2) is 33.4 Å². The maximum atomic E-state index is 12.8. The van der Waals surface area contributed by atoms with Gasteiger partial charge in [-0.3, -0.25) is 9.36 Å². The van der Waals surface area contributed by atoms with E-state index in [0.717, 1.165) is 53.9 Å². The number of carbonyl (C=O) groups is 1. The quantitative estimate of drug-likeness (QED) is 0.852. The minimum atomic E-state index is 0.165. The lowest BCUT2D eigenvalue weighted by molar-refractivity contribution is 0.0696. The average Bonchev–Trinajstić information content (AvgIpc) is 3.07. The van der Waals surface area contributed by atoms with Crippen molar-refractivity contribution in [2.45, 2.75) is 33.6 Å². The van der Waals surface area contributed by atoms with Gasteiger partial charge in [-0.1, -0.05) is 6.92 Å². The fourth-order valence-corrected chi connectivity index (χ4v) is 3.73. The molecular formula is C16H21N3OS. The van der Waals surface area contributed by atoms with Crippen molar-refractivity contribution in [2.24, 2.45) is 5.92 Å². The topological polar surface area (TPSA) is 38.1 Å². The van der Waals surface area contributed by atoms with Crippen molar-refractivity contribution < 1.29 is 4.79 Å². The molecule has 0 saturated carbocycles. The Bertz CT molecular complexity index is 637. The van der Waals surface area contributed by atoms with Gasteiger partial charge in [0.05, 0.1) is 5.56 Å². The van der Waals surface area contributed by atoms with E-state index in [0.29, 0.717) is 0 Å². The van der Waals surface area contributed by atoms with Gasteiger partial charge in [0, 0.05) is 36.1 Å². The number of hydrogen-bond acceptors (Lipinski definition) is 3. The summed E-state index contributed by atoms with van der Waals surface area (Å²) < 4.78 is 2.07. The molecule has 0 spiro atoms. The van der Waals surface area contributed by atoms with Crippen molar-refractivity contribution in [3.63, 3.8) is 0 Å². The van der Waals surface area contributed by atoms with E-state index in [2.05, 4.69) is 16.5 Å². The van der Waals surface area contributed by atoms with Crippen LogP contribution in [0, 0.1) is 19.8 Å². The normalized spacial score (nSPS) is 16.4. The number of carbonyl (C=O) groups excluding carboxylic acids is 1. The Hall–Kier alpha value is -1.62. The third kappa shape index (κ3) is 2.62. The number of aryl methyl sites for hydroxylation is 1. The molecule has 0 N–H and O–H groups in total. The Morgan fingerprint density at radius 3 is 2.67 bits per heavy atom. The molecule has 0 aromatic carbocycles. The Labute approximate surface area is 129 Å². The van der Waals surface area contributed by atoms with Gasteiger partial charge in [0.15, 0.2) is 5.13 Å². The lowest BCUT2D eigenvalue weighted by Crippen LogP contribution is -2.38. The van der Waals surface area contributed by atoms with Crippen LogP contribution in [0.2, 0.25) is 0 Å². The van der Waals surface area contributed by atoms with Gasteiger partial charge >= 0.3 is 0 Å². The number of hydrogen-bond donors (Lipinski definition) is 0. The predicted molar refractivity (Wildman–Crippen MR) is 85.2 cm³/mol. The molecule has 0 unspecified atom stereocenters. The first kappa shape index (κ1) is 14.3. The van der Waals surface area contributed by atoms with Crippen LogP contribution in [0.4, 0.5) is 0 Å². The zero-order chi connectivity index (χ0) is 15.0. The van der Waals surface area contributed by atoms with E-state index in [9.17, 15) is 4.79 Å². The van der Waals surface area contributed by atoms with Crippen LogP contribution in [0.25, 0.3) is 5.13 Å². The zero-order valence-corrected chi connectivity index (χ0v) is 13.6. The third-order valence-corrected chi connectivity index (χ3v) is 5.10. The highest BCUT2D eigenvalue weighted by Gasteiger charge is 2.25. The highest BCUT2D eigenvalue weighted by molar-refractivity contribution is 7.12. The number of thiazole rings is 1. The molecule has 5 heteroatoms. The second-order valence-corrected chi connectivity index (χ2v) is 6.78. The molecule has 21 heavy (non-hydrogen) atoms. The number of likely N-dealkylation sites (tertiary alicyclic amines) is 1. The molecule has 0 radical (unpaired) electrons. The molecule has 2 aromatic rings. The first-order chi connectivity index (χ1) is 10.1. The van der Waals surface area contributed by atoms with Crippen LogP contribution in [0.1, 0.15) is 41.5 Å². The lowest BCUT2D eigenvalue weighted by atomic mass is 9.98. The maximum Gasteiger partial charge on any atom is 0.255 e. The molecule has 0 aliphatic carbocycles. The van der Waals surface area contributed by atoms with Gasteiger partial charge in [-0.2, -0.15) is 0 Å². The monoisotopic (exact) mass is 303 g/mol. The van der Waals surface area contributed by atoms with Crippen molar-refractivity contribution in [2.75, 3.05) is 13.1 Å². The van der Waals surface area contributed by atoms with Crippen molar-refractivity contribution >= 4 is 17.2 Å². The summed E-state index contributed by atoms with van der Waals surface area (Å²) in [4.78, 5) is 19.1. The van der Waals surface area contributed by atoms with E-state index in [1.165, 1.54) is 0 Å². The first-order valence-electron chi connectivity index (χ1n) is 7.46. The Balaban J connectivity index is 1.89. The molecule has 1 saturated heterocycles. The molecule has 3 rings (SSSR count). The van der Waals surface area contributed by atoms with Gasteiger partial charge in [0.25, 0.3) is 5.91 Å². The minimum Gasteiger partial charge on any atom is -0.339 e. The van der Waals surface area contributed by atoms with Gasteiger partial charge in [-0.25, -0.2) is 4.98 Å². The van der Waals surface area contributed by atoms with E-state index in [1.54, 1.807) is 17.5 Å². The zero-order valence-electron chi connectivity index (χ0n) is 12.8. The predicted octanol–water partition coefficient (Wildman–Crippen LogP) is 3.42. The number of nitrogens with zero attached hydrogens (tertiary/aromatic N) is 3. The van der Waals surface area contributed by atoms with Crippen LogP contribution >= 0.6 is 11.3 Å². The summed E-state index contributed by atoms with van der Waals surface area (Å²) >= 11 is 1.59. The second kappa shape index (κ2) is 5.64. The summed E-state index contributed by atoms with van der Waals surface area (Å²) in [6, 6.07) is 2.00. The highest BCUT2D eigenvalue weighted by atomic mass is 32.1. The van der Waals surface area contributed by atoms with Gasteiger partial charge in [-0.15, -0.1) is 11.3 Å². The molecule has 0 bridgehead atoms. The van der Waals surface area contributed by atoms with E-state index < -0.39 is 0 Å². The van der Waals surface area contributed by atoms with Gasteiger partial charge in [0.1, 0.15) is 0 Å². The Morgan fingerprint density at radius 2 is 2.05 bits per heavy atom. The molecule has 0 atom stereocenters. The van der Waals surface area contributed by atoms with Crippen LogP contribution in [0.5, 0.6) is 0 Å². The van der Waals surface area contributed by atoms with E-state index in [-0.39, 0.29) is 5.91 Å². The summed E-state index contributed by atoms with van der Waals surface area (Å²) in [5.74, 6) is 0.898. The second-order valence-electron chi connectivity index (χ2n) is 5.91. The van der Waals surface area contributed by atoms with Gasteiger partial charge < -0.3 is 4.90 Å². The molecule has 112 valence electrons. The van der Waals surface area contributed by atoms with Gasteiger partial charge in [0.2, 0.25) is 0 Å². The molecule has 1 aliphatic rings. The average molecular weight is 303 g/mol.